The third-order valence-electron chi connectivity index (χ3n) is 1.66. The zero-order valence-corrected chi connectivity index (χ0v) is 8.08. The van der Waals surface area contributed by atoms with Gasteiger partial charge in [0, 0.05) is 6.07 Å². The van der Waals surface area contributed by atoms with Crippen molar-refractivity contribution in [3.05, 3.63) is 40.4 Å². The second kappa shape index (κ2) is 4.06. The molecule has 2 heterocycles. The molecule has 72 valence electrons. The topological polar surface area (TPSA) is 55.1 Å². The van der Waals surface area contributed by atoms with E-state index in [2.05, 4.69) is 10.5 Å². The number of aromatic nitrogens is 1. The van der Waals surface area contributed by atoms with E-state index in [0.717, 1.165) is 0 Å². The summed E-state index contributed by atoms with van der Waals surface area (Å²) in [7, 11) is 0. The maximum absolute atomic E-state index is 11.4. The minimum atomic E-state index is -0.0867. The molecule has 0 aromatic carbocycles. The minimum Gasteiger partial charge on any atom is -0.360 e. The molecule has 0 aliphatic carbocycles. The zero-order valence-electron chi connectivity index (χ0n) is 7.27. The Hall–Kier alpha value is -1.62. The van der Waals surface area contributed by atoms with Crippen molar-refractivity contribution in [2.24, 2.45) is 0 Å². The quantitative estimate of drug-likeness (QED) is 0.834. The second-order valence-electron chi connectivity index (χ2n) is 2.64. The van der Waals surface area contributed by atoms with Crippen LogP contribution in [0.15, 0.2) is 34.3 Å². The number of nitrogens with one attached hydrogen (secondary N) is 1. The Balaban J connectivity index is 1.90. The molecular weight excluding hydrogens is 200 g/mol. The van der Waals surface area contributed by atoms with Gasteiger partial charge in [0.15, 0.2) is 5.76 Å². The average Bonchev–Trinajstić information content (AvgIpc) is 2.87. The van der Waals surface area contributed by atoms with Crippen LogP contribution < -0.4 is 5.32 Å². The fourth-order valence-electron chi connectivity index (χ4n) is 0.996. The lowest BCUT2D eigenvalue weighted by molar-refractivity contribution is 0.0951. The standard InChI is InChI=1S/C9H8N2O2S/c12-9(8-2-1-5-14-8)10-6-7-3-4-11-13-7/h1-5H,6H2,(H,10,12). The fraction of sp³-hybridized carbons (Fsp3) is 0.111. The number of carbonyl (C=O) groups is 1. The number of rotatable bonds is 3. The molecule has 1 N–H and O–H groups in total. The summed E-state index contributed by atoms with van der Waals surface area (Å²) >= 11 is 1.41. The predicted octanol–water partition coefficient (Wildman–Crippen LogP) is 1.67. The third-order valence-corrected chi connectivity index (χ3v) is 2.53. The van der Waals surface area contributed by atoms with Crippen molar-refractivity contribution in [2.75, 3.05) is 0 Å². The Kier molecular flexibility index (Phi) is 2.60. The van der Waals surface area contributed by atoms with Crippen molar-refractivity contribution < 1.29 is 9.32 Å². The average molecular weight is 208 g/mol. The summed E-state index contributed by atoms with van der Waals surface area (Å²) in [6.45, 7) is 0.372. The maximum Gasteiger partial charge on any atom is 0.261 e. The summed E-state index contributed by atoms with van der Waals surface area (Å²) < 4.78 is 4.84. The highest BCUT2D eigenvalue weighted by Gasteiger charge is 2.06. The van der Waals surface area contributed by atoms with Gasteiger partial charge in [-0.15, -0.1) is 11.3 Å². The van der Waals surface area contributed by atoms with Crippen LogP contribution in [0.25, 0.3) is 0 Å². The van der Waals surface area contributed by atoms with Gasteiger partial charge >= 0.3 is 0 Å². The van der Waals surface area contributed by atoms with Gasteiger partial charge < -0.3 is 9.84 Å². The van der Waals surface area contributed by atoms with Gasteiger partial charge in [-0.1, -0.05) is 11.2 Å². The van der Waals surface area contributed by atoms with Crippen LogP contribution in [0, 0.1) is 0 Å². The van der Waals surface area contributed by atoms with Gasteiger partial charge in [0.05, 0.1) is 17.6 Å². The molecule has 4 nitrogen and oxygen atoms in total. The number of carbonyl (C=O) groups excluding carboxylic acids is 1. The van der Waals surface area contributed by atoms with E-state index in [1.807, 2.05) is 11.4 Å². The van der Waals surface area contributed by atoms with Gasteiger partial charge in [-0.2, -0.15) is 0 Å². The fourth-order valence-corrected chi connectivity index (χ4v) is 1.64. The molecule has 0 aliphatic rings. The van der Waals surface area contributed by atoms with E-state index in [1.54, 1.807) is 18.3 Å². The van der Waals surface area contributed by atoms with Crippen molar-refractivity contribution in [3.8, 4) is 0 Å². The first-order valence-corrected chi connectivity index (χ1v) is 4.95. The molecule has 5 heteroatoms. The molecule has 0 fully saturated rings. The molecule has 2 aromatic heterocycles. The van der Waals surface area contributed by atoms with Crippen LogP contribution in [-0.2, 0) is 6.54 Å². The Morgan fingerprint density at radius 3 is 3.14 bits per heavy atom. The van der Waals surface area contributed by atoms with Crippen LogP contribution in [0.4, 0.5) is 0 Å². The highest BCUT2D eigenvalue weighted by Crippen LogP contribution is 2.08. The minimum absolute atomic E-state index is 0.0867. The Morgan fingerprint density at radius 1 is 1.57 bits per heavy atom. The van der Waals surface area contributed by atoms with Crippen molar-refractivity contribution in [2.45, 2.75) is 6.54 Å². The van der Waals surface area contributed by atoms with E-state index >= 15 is 0 Å². The summed E-state index contributed by atoms with van der Waals surface area (Å²) in [4.78, 5) is 12.1. The molecule has 2 rings (SSSR count). The van der Waals surface area contributed by atoms with Crippen LogP contribution in [0.1, 0.15) is 15.4 Å². The molecular formula is C9H8N2O2S. The molecule has 0 saturated heterocycles. The first-order valence-electron chi connectivity index (χ1n) is 4.07. The van der Waals surface area contributed by atoms with E-state index < -0.39 is 0 Å². The molecule has 2 aromatic rings. The monoisotopic (exact) mass is 208 g/mol. The Labute approximate surface area is 84.5 Å². The van der Waals surface area contributed by atoms with E-state index in [0.29, 0.717) is 17.2 Å². The summed E-state index contributed by atoms with van der Waals surface area (Å²) in [5.74, 6) is 0.561. The normalized spacial score (nSPS) is 10.0. The SMILES string of the molecule is O=C(NCc1ccno1)c1cccs1. The van der Waals surface area contributed by atoms with Crippen molar-refractivity contribution >= 4 is 17.2 Å². The highest BCUT2D eigenvalue weighted by atomic mass is 32.1. The smallest absolute Gasteiger partial charge is 0.261 e. The lowest BCUT2D eigenvalue weighted by Gasteiger charge is -1.98. The van der Waals surface area contributed by atoms with E-state index in [9.17, 15) is 4.79 Å². The van der Waals surface area contributed by atoms with Gasteiger partial charge in [0.1, 0.15) is 0 Å². The van der Waals surface area contributed by atoms with Crippen molar-refractivity contribution in [1.29, 1.82) is 0 Å². The summed E-state index contributed by atoms with van der Waals surface area (Å²) in [6.07, 6.45) is 1.55. The molecule has 0 radical (unpaired) electrons. The molecule has 0 unspecified atom stereocenters. The maximum atomic E-state index is 11.4. The molecule has 0 atom stereocenters. The summed E-state index contributed by atoms with van der Waals surface area (Å²) in [5, 5.41) is 8.13. The number of amides is 1. The first-order chi connectivity index (χ1) is 6.86. The Bertz CT molecular complexity index is 394. The summed E-state index contributed by atoms with van der Waals surface area (Å²) in [6, 6.07) is 5.34. The van der Waals surface area contributed by atoms with Crippen molar-refractivity contribution in [1.82, 2.24) is 10.5 Å². The number of hydrogen-bond acceptors (Lipinski definition) is 4. The first kappa shape index (κ1) is 8.96. The molecule has 0 saturated carbocycles. The van der Waals surface area contributed by atoms with Gasteiger partial charge in [-0.05, 0) is 11.4 Å². The molecule has 0 spiro atoms. The van der Waals surface area contributed by atoms with Crippen LogP contribution in [0.5, 0.6) is 0 Å². The highest BCUT2D eigenvalue weighted by molar-refractivity contribution is 7.12. The zero-order chi connectivity index (χ0) is 9.80. The largest absolute Gasteiger partial charge is 0.360 e. The number of nitrogens with zero attached hydrogens (tertiary/aromatic N) is 1. The van der Waals surface area contributed by atoms with Gasteiger partial charge in [-0.3, -0.25) is 4.79 Å². The van der Waals surface area contributed by atoms with Gasteiger partial charge in [-0.25, -0.2) is 0 Å². The van der Waals surface area contributed by atoms with Crippen LogP contribution >= 0.6 is 11.3 Å². The van der Waals surface area contributed by atoms with E-state index in [1.165, 1.54) is 11.3 Å². The predicted molar refractivity (Wildman–Crippen MR) is 52.0 cm³/mol. The number of hydrogen-bond donors (Lipinski definition) is 1. The van der Waals surface area contributed by atoms with Crippen LogP contribution in [0.2, 0.25) is 0 Å². The molecule has 1 amide bonds. The second-order valence-corrected chi connectivity index (χ2v) is 3.59. The molecule has 0 bridgehead atoms. The lowest BCUT2D eigenvalue weighted by Crippen LogP contribution is -2.21. The third kappa shape index (κ3) is 2.00. The number of thiophene rings is 1. The van der Waals surface area contributed by atoms with E-state index in [-0.39, 0.29) is 5.91 Å². The van der Waals surface area contributed by atoms with Crippen LogP contribution in [-0.4, -0.2) is 11.1 Å². The van der Waals surface area contributed by atoms with Gasteiger partial charge in [0.2, 0.25) is 0 Å². The van der Waals surface area contributed by atoms with E-state index in [4.69, 9.17) is 4.52 Å². The Morgan fingerprint density at radius 2 is 2.50 bits per heavy atom. The molecule has 0 aliphatic heterocycles. The summed E-state index contributed by atoms with van der Waals surface area (Å²) in [5.41, 5.74) is 0. The van der Waals surface area contributed by atoms with Gasteiger partial charge in [0.25, 0.3) is 5.91 Å². The lowest BCUT2D eigenvalue weighted by atomic mass is 10.4. The van der Waals surface area contributed by atoms with Crippen molar-refractivity contribution in [3.63, 3.8) is 0 Å². The molecule has 14 heavy (non-hydrogen) atoms. The van der Waals surface area contributed by atoms with Crippen LogP contribution in [0.3, 0.4) is 0 Å².